The quantitative estimate of drug-likeness (QED) is 0.131. The van der Waals surface area contributed by atoms with Crippen molar-refractivity contribution in [2.75, 3.05) is 24.6 Å². The molecule has 0 atom stereocenters. The molecule has 13 nitrogen and oxygen atoms in total. The minimum atomic E-state index is -3.58. The van der Waals surface area contributed by atoms with Crippen molar-refractivity contribution >= 4 is 46.8 Å². The number of carbonyl (C=O) groups excluding carboxylic acids is 2. The molecule has 2 amide bonds. The summed E-state index contributed by atoms with van der Waals surface area (Å²) in [5, 5.41) is 14.6. The monoisotopic (exact) mass is 660 g/mol. The number of hydrogen-bond acceptors (Lipinski definition) is 9. The fourth-order valence-electron chi connectivity index (χ4n) is 5.76. The zero-order valence-corrected chi connectivity index (χ0v) is 28.3. The van der Waals surface area contributed by atoms with Crippen LogP contribution in [0.15, 0.2) is 49.1 Å². The highest BCUT2D eigenvalue weighted by Gasteiger charge is 2.52. The summed E-state index contributed by atoms with van der Waals surface area (Å²) in [6.45, 7) is 11.1. The summed E-state index contributed by atoms with van der Waals surface area (Å²) in [6, 6.07) is 11.6. The Morgan fingerprint density at radius 3 is 2.33 bits per heavy atom. The molecule has 2 aliphatic heterocycles. The van der Waals surface area contributed by atoms with Crippen LogP contribution in [-0.2, 0) is 27.0 Å². The van der Waals surface area contributed by atoms with Gasteiger partial charge in [0.1, 0.15) is 24.2 Å². The number of nitriles is 1. The molecular weight excluding hydrogens is 625 g/mol. The van der Waals surface area contributed by atoms with Crippen LogP contribution in [0.1, 0.15) is 41.0 Å². The predicted octanol–water partition coefficient (Wildman–Crippen LogP) is 4.07. The van der Waals surface area contributed by atoms with Crippen molar-refractivity contribution in [3.8, 4) is 17.3 Å². The Morgan fingerprint density at radius 1 is 1.04 bits per heavy atom. The second kappa shape index (κ2) is 11.5. The summed E-state index contributed by atoms with van der Waals surface area (Å²) < 4.78 is 36.6. The lowest BCUT2D eigenvalue weighted by atomic mass is 9.89. The molecule has 0 unspecified atom stereocenters. The molecular formula is C31H36N8O5SSi. The first kappa shape index (κ1) is 31.7. The summed E-state index contributed by atoms with van der Waals surface area (Å²) in [7, 11) is -4.84. The lowest BCUT2D eigenvalue weighted by molar-refractivity contribution is 0.0711. The maximum Gasteiger partial charge on any atom is 0.267 e. The number of nitrogens with zero attached hydrogens (tertiary/aromatic N) is 8. The van der Waals surface area contributed by atoms with Gasteiger partial charge in [0.25, 0.3) is 11.8 Å². The van der Waals surface area contributed by atoms with Gasteiger partial charge in [0.05, 0.1) is 40.1 Å². The molecule has 15 heteroatoms. The van der Waals surface area contributed by atoms with E-state index in [4.69, 9.17) is 9.84 Å². The van der Waals surface area contributed by atoms with E-state index in [9.17, 15) is 23.3 Å². The van der Waals surface area contributed by atoms with Crippen molar-refractivity contribution in [2.45, 2.75) is 63.5 Å². The second-order valence-corrected chi connectivity index (χ2v) is 21.4. The van der Waals surface area contributed by atoms with E-state index >= 15 is 0 Å². The number of ether oxygens (including phenoxy) is 1. The summed E-state index contributed by atoms with van der Waals surface area (Å²) in [4.78, 5) is 37.4. The van der Waals surface area contributed by atoms with Gasteiger partial charge < -0.3 is 9.30 Å². The molecule has 0 spiro atoms. The second-order valence-electron chi connectivity index (χ2n) is 13.3. The van der Waals surface area contributed by atoms with Crippen molar-refractivity contribution in [3.63, 3.8) is 0 Å². The molecule has 1 aromatic carbocycles. The third-order valence-corrected chi connectivity index (χ3v) is 12.4. The van der Waals surface area contributed by atoms with E-state index in [1.54, 1.807) is 44.3 Å². The Hall–Kier alpha value is -4.23. The largest absolute Gasteiger partial charge is 0.361 e. The van der Waals surface area contributed by atoms with Crippen molar-refractivity contribution in [2.24, 2.45) is 0 Å². The molecule has 1 saturated heterocycles. The van der Waals surface area contributed by atoms with E-state index in [0.29, 0.717) is 35.6 Å². The maximum absolute atomic E-state index is 13.7. The number of amides is 2. The SMILES string of the molecule is CC(C)S(=O)(=O)N1CC(CC#N)(n2cc(-c3ncnc4c3ccn4COCC[Si](C)(C)C)c(N3C(=O)c4ccccc4C3=O)n2)C1. The zero-order valence-electron chi connectivity index (χ0n) is 26.5. The van der Waals surface area contributed by atoms with Crippen LogP contribution in [0.3, 0.4) is 0 Å². The number of aromatic nitrogens is 5. The summed E-state index contributed by atoms with van der Waals surface area (Å²) in [5.41, 5.74) is 0.913. The van der Waals surface area contributed by atoms with Crippen molar-refractivity contribution in [3.05, 3.63) is 60.2 Å². The van der Waals surface area contributed by atoms with Gasteiger partial charge in [0.2, 0.25) is 10.0 Å². The van der Waals surface area contributed by atoms with Gasteiger partial charge in [-0.3, -0.25) is 14.3 Å². The number of benzene rings is 1. The highest BCUT2D eigenvalue weighted by molar-refractivity contribution is 7.89. The van der Waals surface area contributed by atoms with E-state index in [-0.39, 0.29) is 36.5 Å². The third-order valence-electron chi connectivity index (χ3n) is 8.53. The Bertz CT molecular complexity index is 1970. The summed E-state index contributed by atoms with van der Waals surface area (Å²) in [5.74, 6) is -1.01. The number of carbonyl (C=O) groups is 2. The van der Waals surface area contributed by atoms with Crippen molar-refractivity contribution < 1.29 is 22.7 Å². The van der Waals surface area contributed by atoms with Gasteiger partial charge >= 0.3 is 0 Å². The number of fused-ring (bicyclic) bond motifs is 2. The normalized spacial score (nSPS) is 16.7. The number of rotatable bonds is 11. The first-order valence-corrected chi connectivity index (χ1v) is 20.3. The number of hydrogen-bond donors (Lipinski definition) is 0. The van der Waals surface area contributed by atoms with Gasteiger partial charge in [-0.2, -0.15) is 14.7 Å². The molecule has 46 heavy (non-hydrogen) atoms. The Morgan fingerprint density at radius 2 is 1.72 bits per heavy atom. The van der Waals surface area contributed by atoms with E-state index < -0.39 is 40.7 Å². The topological polar surface area (TPSA) is 156 Å². The standard InChI is InChI=1S/C31H36N8O5SSi/c1-21(2)45(42,43)37-17-31(18-37,11-12-32)38-16-25(28(35-38)39-29(40)22-8-6-7-9-23(22)30(39)41)26-24-10-13-36(27(24)34-19-33-26)20-44-14-15-46(3,4)5/h6-10,13,16,19,21H,11,14-15,17-18,20H2,1-5H3. The van der Waals surface area contributed by atoms with E-state index in [2.05, 4.69) is 35.7 Å². The van der Waals surface area contributed by atoms with Crippen LogP contribution in [0.25, 0.3) is 22.3 Å². The van der Waals surface area contributed by atoms with E-state index in [0.717, 1.165) is 10.9 Å². The molecule has 3 aromatic heterocycles. The molecule has 0 saturated carbocycles. The highest BCUT2D eigenvalue weighted by atomic mass is 32.2. The van der Waals surface area contributed by atoms with Gasteiger partial charge in [0, 0.05) is 45.6 Å². The van der Waals surface area contributed by atoms with Gasteiger partial charge in [-0.15, -0.1) is 0 Å². The fourth-order valence-corrected chi connectivity index (χ4v) is 7.95. The number of imide groups is 1. The van der Waals surface area contributed by atoms with E-state index in [1.165, 1.54) is 15.3 Å². The Labute approximate surface area is 268 Å². The van der Waals surface area contributed by atoms with Crippen LogP contribution < -0.4 is 4.90 Å². The van der Waals surface area contributed by atoms with Crippen LogP contribution in [0.4, 0.5) is 5.82 Å². The average molecular weight is 661 g/mol. The van der Waals surface area contributed by atoms with Crippen molar-refractivity contribution in [1.29, 1.82) is 5.26 Å². The maximum atomic E-state index is 13.7. The molecule has 6 rings (SSSR count). The minimum absolute atomic E-state index is 0.0219. The van der Waals surface area contributed by atoms with Crippen LogP contribution in [0.5, 0.6) is 0 Å². The van der Waals surface area contributed by atoms with Crippen LogP contribution in [0, 0.1) is 11.3 Å². The minimum Gasteiger partial charge on any atom is -0.361 e. The first-order valence-electron chi connectivity index (χ1n) is 15.1. The lowest BCUT2D eigenvalue weighted by Crippen LogP contribution is -2.65. The van der Waals surface area contributed by atoms with Gasteiger partial charge in [0.15, 0.2) is 5.82 Å². The molecule has 0 bridgehead atoms. The third kappa shape index (κ3) is 5.34. The molecule has 2 aliphatic rings. The van der Waals surface area contributed by atoms with Gasteiger partial charge in [-0.1, -0.05) is 31.8 Å². The molecule has 1 fully saturated rings. The summed E-state index contributed by atoms with van der Waals surface area (Å²) in [6.07, 6.45) is 4.87. The average Bonchev–Trinajstić information content (AvgIpc) is 3.67. The number of anilines is 1. The fraction of sp³-hybridized carbons (Fsp3) is 0.419. The summed E-state index contributed by atoms with van der Waals surface area (Å²) >= 11 is 0. The van der Waals surface area contributed by atoms with Gasteiger partial charge in [-0.25, -0.2) is 23.3 Å². The Kier molecular flexibility index (Phi) is 7.96. The highest BCUT2D eigenvalue weighted by Crippen LogP contribution is 2.41. The zero-order chi connectivity index (χ0) is 33.0. The number of sulfonamides is 1. The molecule has 0 aliphatic carbocycles. The van der Waals surface area contributed by atoms with Crippen LogP contribution in [-0.4, -0.2) is 81.9 Å². The van der Waals surface area contributed by atoms with Crippen LogP contribution in [0.2, 0.25) is 25.7 Å². The van der Waals surface area contributed by atoms with Gasteiger partial charge in [-0.05, 0) is 38.1 Å². The first-order chi connectivity index (χ1) is 21.8. The lowest BCUT2D eigenvalue weighted by Gasteiger charge is -2.48. The molecule has 240 valence electrons. The predicted molar refractivity (Wildman–Crippen MR) is 174 cm³/mol. The molecule has 0 N–H and O–H groups in total. The van der Waals surface area contributed by atoms with E-state index in [1.807, 2.05) is 16.8 Å². The smallest absolute Gasteiger partial charge is 0.267 e. The molecule has 4 aromatic rings. The molecule has 0 radical (unpaired) electrons. The Balaban J connectivity index is 1.44. The van der Waals surface area contributed by atoms with Crippen LogP contribution >= 0.6 is 0 Å². The van der Waals surface area contributed by atoms with Crippen molar-refractivity contribution in [1.82, 2.24) is 28.6 Å². The molecule has 5 heterocycles.